The Hall–Kier alpha value is -0.120. The lowest BCUT2D eigenvalue weighted by Crippen LogP contribution is -2.35. The Bertz CT molecular complexity index is 149. The molecule has 0 heterocycles. The molecule has 1 unspecified atom stereocenters. The van der Waals surface area contributed by atoms with Gasteiger partial charge < -0.3 is 15.6 Å². The van der Waals surface area contributed by atoms with E-state index in [2.05, 4.69) is 6.92 Å². The molecule has 3 nitrogen and oxygen atoms in total. The van der Waals surface area contributed by atoms with Crippen LogP contribution in [0.2, 0.25) is 0 Å². The van der Waals surface area contributed by atoms with Gasteiger partial charge in [-0.3, -0.25) is 0 Å². The molecule has 0 fully saturated rings. The molecule has 0 aromatic heterocycles. The third-order valence-electron chi connectivity index (χ3n) is 2.87. The number of rotatable bonds is 11. The zero-order valence-corrected chi connectivity index (χ0v) is 11.0. The van der Waals surface area contributed by atoms with Crippen LogP contribution in [0.4, 0.5) is 0 Å². The first-order chi connectivity index (χ1) is 7.62. The van der Waals surface area contributed by atoms with Gasteiger partial charge in [0.05, 0.1) is 5.60 Å². The van der Waals surface area contributed by atoms with Crippen LogP contribution in [0.25, 0.3) is 0 Å². The molecular formula is C13H29NO2. The predicted molar refractivity (Wildman–Crippen MR) is 68.5 cm³/mol. The maximum absolute atomic E-state index is 9.62. The zero-order chi connectivity index (χ0) is 12.3. The lowest BCUT2D eigenvalue weighted by molar-refractivity contribution is 0.0202. The SMILES string of the molecule is CCCCCCCCOCCC(C)(O)CN. The number of unbranched alkanes of at least 4 members (excludes halogenated alkanes) is 5. The summed E-state index contributed by atoms with van der Waals surface area (Å²) in [6.07, 6.45) is 8.32. The van der Waals surface area contributed by atoms with E-state index in [-0.39, 0.29) is 0 Å². The monoisotopic (exact) mass is 231 g/mol. The summed E-state index contributed by atoms with van der Waals surface area (Å²) in [4.78, 5) is 0. The smallest absolute Gasteiger partial charge is 0.0763 e. The van der Waals surface area contributed by atoms with Crippen molar-refractivity contribution >= 4 is 0 Å². The Labute approximate surface area is 100 Å². The molecule has 3 N–H and O–H groups in total. The maximum atomic E-state index is 9.62. The van der Waals surface area contributed by atoms with E-state index in [9.17, 15) is 5.11 Å². The van der Waals surface area contributed by atoms with Crippen molar-refractivity contribution in [2.75, 3.05) is 19.8 Å². The average molecular weight is 231 g/mol. The molecule has 0 aromatic carbocycles. The standard InChI is InChI=1S/C13H29NO2/c1-3-4-5-6-7-8-10-16-11-9-13(2,15)12-14/h15H,3-12,14H2,1-2H3. The van der Waals surface area contributed by atoms with Gasteiger partial charge in [-0.05, 0) is 13.3 Å². The molecule has 1 atom stereocenters. The van der Waals surface area contributed by atoms with Crippen molar-refractivity contribution in [3.63, 3.8) is 0 Å². The van der Waals surface area contributed by atoms with Crippen molar-refractivity contribution in [2.45, 2.75) is 64.4 Å². The Morgan fingerprint density at radius 3 is 2.31 bits per heavy atom. The number of hydrogen-bond acceptors (Lipinski definition) is 3. The minimum absolute atomic E-state index is 0.299. The summed E-state index contributed by atoms with van der Waals surface area (Å²) in [5.41, 5.74) is 4.65. The molecule has 0 saturated heterocycles. The first-order valence-corrected chi connectivity index (χ1v) is 6.62. The molecule has 3 heteroatoms. The molecule has 0 bridgehead atoms. The minimum atomic E-state index is -0.763. The molecule has 0 aromatic rings. The van der Waals surface area contributed by atoms with Gasteiger partial charge in [-0.1, -0.05) is 39.0 Å². The van der Waals surface area contributed by atoms with Crippen molar-refractivity contribution in [1.29, 1.82) is 0 Å². The van der Waals surface area contributed by atoms with Gasteiger partial charge in [-0.25, -0.2) is 0 Å². The highest BCUT2D eigenvalue weighted by molar-refractivity contribution is 4.72. The highest BCUT2D eigenvalue weighted by Crippen LogP contribution is 2.08. The Morgan fingerprint density at radius 2 is 1.69 bits per heavy atom. The fraction of sp³-hybridized carbons (Fsp3) is 1.00. The van der Waals surface area contributed by atoms with Gasteiger partial charge >= 0.3 is 0 Å². The van der Waals surface area contributed by atoms with E-state index in [1.807, 2.05) is 0 Å². The number of nitrogens with two attached hydrogens (primary N) is 1. The van der Waals surface area contributed by atoms with E-state index < -0.39 is 5.60 Å². The van der Waals surface area contributed by atoms with Crippen molar-refractivity contribution in [2.24, 2.45) is 5.73 Å². The topological polar surface area (TPSA) is 55.5 Å². The summed E-state index contributed by atoms with van der Waals surface area (Å²) >= 11 is 0. The third-order valence-corrected chi connectivity index (χ3v) is 2.87. The Kier molecular flexibility index (Phi) is 9.99. The lowest BCUT2D eigenvalue weighted by Gasteiger charge is -2.20. The molecule has 0 amide bonds. The highest BCUT2D eigenvalue weighted by atomic mass is 16.5. The van der Waals surface area contributed by atoms with Crippen LogP contribution in [-0.2, 0) is 4.74 Å². The molecule has 0 radical (unpaired) electrons. The second-order valence-electron chi connectivity index (χ2n) is 4.83. The van der Waals surface area contributed by atoms with Crippen LogP contribution in [0.15, 0.2) is 0 Å². The van der Waals surface area contributed by atoms with E-state index in [0.717, 1.165) is 13.0 Å². The molecule has 0 aliphatic heterocycles. The van der Waals surface area contributed by atoms with Gasteiger partial charge in [0.2, 0.25) is 0 Å². The van der Waals surface area contributed by atoms with E-state index in [1.54, 1.807) is 6.92 Å². The zero-order valence-electron chi connectivity index (χ0n) is 11.0. The molecule has 0 rings (SSSR count). The van der Waals surface area contributed by atoms with Gasteiger partial charge in [0.1, 0.15) is 0 Å². The first-order valence-electron chi connectivity index (χ1n) is 6.62. The van der Waals surface area contributed by atoms with Crippen LogP contribution in [0.1, 0.15) is 58.8 Å². The summed E-state index contributed by atoms with van der Waals surface area (Å²) in [5, 5.41) is 9.62. The Balaban J connectivity index is 3.10. The minimum Gasteiger partial charge on any atom is -0.389 e. The largest absolute Gasteiger partial charge is 0.389 e. The average Bonchev–Trinajstić information content (AvgIpc) is 2.27. The quantitative estimate of drug-likeness (QED) is 0.537. The van der Waals surface area contributed by atoms with Gasteiger partial charge in [-0.15, -0.1) is 0 Å². The molecule has 0 spiro atoms. The molecular weight excluding hydrogens is 202 g/mol. The van der Waals surface area contributed by atoms with Crippen molar-refractivity contribution in [3.8, 4) is 0 Å². The second-order valence-corrected chi connectivity index (χ2v) is 4.83. The summed E-state index contributed by atoms with van der Waals surface area (Å²) in [6, 6.07) is 0. The van der Waals surface area contributed by atoms with Crippen molar-refractivity contribution in [1.82, 2.24) is 0 Å². The van der Waals surface area contributed by atoms with Crippen LogP contribution in [-0.4, -0.2) is 30.5 Å². The van der Waals surface area contributed by atoms with Crippen molar-refractivity contribution in [3.05, 3.63) is 0 Å². The fourth-order valence-corrected chi connectivity index (χ4v) is 1.48. The van der Waals surface area contributed by atoms with Gasteiger partial charge in [-0.2, -0.15) is 0 Å². The lowest BCUT2D eigenvalue weighted by atomic mass is 10.0. The third kappa shape index (κ3) is 10.4. The van der Waals surface area contributed by atoms with Crippen LogP contribution in [0.3, 0.4) is 0 Å². The number of hydrogen-bond donors (Lipinski definition) is 2. The van der Waals surface area contributed by atoms with E-state index in [1.165, 1.54) is 32.1 Å². The molecule has 98 valence electrons. The summed E-state index contributed by atoms with van der Waals surface area (Å²) in [5.74, 6) is 0. The highest BCUT2D eigenvalue weighted by Gasteiger charge is 2.16. The summed E-state index contributed by atoms with van der Waals surface area (Å²) in [6.45, 7) is 5.70. The van der Waals surface area contributed by atoms with Crippen LogP contribution in [0, 0.1) is 0 Å². The van der Waals surface area contributed by atoms with Crippen LogP contribution < -0.4 is 5.73 Å². The van der Waals surface area contributed by atoms with Crippen LogP contribution >= 0.6 is 0 Å². The second kappa shape index (κ2) is 10.1. The normalized spacial score (nSPS) is 15.0. The number of aliphatic hydroxyl groups is 1. The molecule has 16 heavy (non-hydrogen) atoms. The molecule has 0 aliphatic carbocycles. The maximum Gasteiger partial charge on any atom is 0.0763 e. The predicted octanol–water partition coefficient (Wildman–Crippen LogP) is 2.46. The van der Waals surface area contributed by atoms with E-state index in [0.29, 0.717) is 19.6 Å². The Morgan fingerprint density at radius 1 is 1.06 bits per heavy atom. The first kappa shape index (κ1) is 15.9. The molecule has 0 saturated carbocycles. The summed E-state index contributed by atoms with van der Waals surface area (Å²) < 4.78 is 5.46. The van der Waals surface area contributed by atoms with E-state index in [4.69, 9.17) is 10.5 Å². The van der Waals surface area contributed by atoms with Gasteiger partial charge in [0, 0.05) is 26.2 Å². The summed E-state index contributed by atoms with van der Waals surface area (Å²) in [7, 11) is 0. The van der Waals surface area contributed by atoms with Crippen LogP contribution in [0.5, 0.6) is 0 Å². The van der Waals surface area contributed by atoms with Gasteiger partial charge in [0.25, 0.3) is 0 Å². The molecule has 0 aliphatic rings. The van der Waals surface area contributed by atoms with E-state index >= 15 is 0 Å². The fourth-order valence-electron chi connectivity index (χ4n) is 1.48. The van der Waals surface area contributed by atoms with Crippen molar-refractivity contribution < 1.29 is 9.84 Å². The number of ether oxygens (including phenoxy) is 1. The van der Waals surface area contributed by atoms with Gasteiger partial charge in [0.15, 0.2) is 0 Å².